The number of anilines is 1. The van der Waals surface area contributed by atoms with Crippen LogP contribution in [0.1, 0.15) is 24.0 Å². The molecular weight excluding hydrogens is 400 g/mol. The maximum absolute atomic E-state index is 12.2. The van der Waals surface area contributed by atoms with Gasteiger partial charge in [0.05, 0.1) is 26.5 Å². The van der Waals surface area contributed by atoms with Crippen LogP contribution >= 0.6 is 11.3 Å². The van der Waals surface area contributed by atoms with Crippen molar-refractivity contribution >= 4 is 22.4 Å². The highest BCUT2D eigenvalue weighted by atomic mass is 32.1. The minimum absolute atomic E-state index is 0.0764. The topological polar surface area (TPSA) is 69.7 Å². The van der Waals surface area contributed by atoms with Crippen LogP contribution < -0.4 is 19.5 Å². The Labute approximate surface area is 180 Å². The monoisotopic (exact) mass is 426 g/mol. The minimum atomic E-state index is -0.0764. The van der Waals surface area contributed by atoms with Crippen molar-refractivity contribution in [1.82, 2.24) is 4.98 Å². The minimum Gasteiger partial charge on any atom is -0.493 e. The van der Waals surface area contributed by atoms with Crippen LogP contribution in [-0.2, 0) is 4.79 Å². The van der Waals surface area contributed by atoms with Gasteiger partial charge in [-0.3, -0.25) is 4.79 Å². The summed E-state index contributed by atoms with van der Waals surface area (Å²) in [6.45, 7) is 4.57. The van der Waals surface area contributed by atoms with E-state index in [9.17, 15) is 4.79 Å². The SMILES string of the molecule is COc1ccc(-c2csc(NC(=O)CCCOc3ccc(C)cc3C)n2)cc1OC. The summed E-state index contributed by atoms with van der Waals surface area (Å²) in [5.74, 6) is 2.08. The van der Waals surface area contributed by atoms with Gasteiger partial charge < -0.3 is 19.5 Å². The van der Waals surface area contributed by atoms with Crippen molar-refractivity contribution in [2.75, 3.05) is 26.1 Å². The lowest BCUT2D eigenvalue weighted by molar-refractivity contribution is -0.116. The third kappa shape index (κ3) is 5.51. The third-order valence-electron chi connectivity index (χ3n) is 4.57. The van der Waals surface area contributed by atoms with E-state index in [1.54, 1.807) is 14.2 Å². The second-order valence-electron chi connectivity index (χ2n) is 6.88. The van der Waals surface area contributed by atoms with E-state index in [4.69, 9.17) is 14.2 Å². The average Bonchev–Trinajstić information content (AvgIpc) is 3.20. The molecule has 0 spiro atoms. The van der Waals surface area contributed by atoms with Crippen LogP contribution in [0.3, 0.4) is 0 Å². The summed E-state index contributed by atoms with van der Waals surface area (Å²) >= 11 is 1.39. The van der Waals surface area contributed by atoms with Gasteiger partial charge in [-0.1, -0.05) is 17.7 Å². The van der Waals surface area contributed by atoms with Gasteiger partial charge in [-0.05, 0) is 50.1 Å². The number of thiazole rings is 1. The summed E-state index contributed by atoms with van der Waals surface area (Å²) < 4.78 is 16.4. The third-order valence-corrected chi connectivity index (χ3v) is 5.32. The van der Waals surface area contributed by atoms with E-state index in [1.165, 1.54) is 16.9 Å². The van der Waals surface area contributed by atoms with Crippen LogP contribution in [0.4, 0.5) is 5.13 Å². The molecule has 7 heteroatoms. The molecule has 0 aliphatic heterocycles. The summed E-state index contributed by atoms with van der Waals surface area (Å²) in [5.41, 5.74) is 3.97. The molecule has 1 amide bonds. The Balaban J connectivity index is 1.50. The van der Waals surface area contributed by atoms with Crippen LogP contribution in [-0.4, -0.2) is 31.7 Å². The van der Waals surface area contributed by atoms with Gasteiger partial charge in [0.15, 0.2) is 16.6 Å². The van der Waals surface area contributed by atoms with Gasteiger partial charge in [0.25, 0.3) is 0 Å². The number of carbonyl (C=O) groups is 1. The van der Waals surface area contributed by atoms with Crippen molar-refractivity contribution in [2.24, 2.45) is 0 Å². The Morgan fingerprint density at radius 3 is 2.53 bits per heavy atom. The van der Waals surface area contributed by atoms with Gasteiger partial charge >= 0.3 is 0 Å². The van der Waals surface area contributed by atoms with Crippen molar-refractivity contribution < 1.29 is 19.0 Å². The molecule has 6 nitrogen and oxygen atoms in total. The first-order chi connectivity index (χ1) is 14.5. The molecule has 0 bridgehead atoms. The summed E-state index contributed by atoms with van der Waals surface area (Å²) in [5, 5.41) is 5.33. The Morgan fingerprint density at radius 2 is 1.80 bits per heavy atom. The van der Waals surface area contributed by atoms with Crippen molar-refractivity contribution in [3.63, 3.8) is 0 Å². The summed E-state index contributed by atoms with van der Waals surface area (Å²) in [6.07, 6.45) is 1.00. The van der Waals surface area contributed by atoms with E-state index in [-0.39, 0.29) is 5.91 Å². The van der Waals surface area contributed by atoms with Crippen molar-refractivity contribution in [2.45, 2.75) is 26.7 Å². The first-order valence-electron chi connectivity index (χ1n) is 9.68. The summed E-state index contributed by atoms with van der Waals surface area (Å²) in [4.78, 5) is 16.7. The van der Waals surface area contributed by atoms with Gasteiger partial charge in [-0.25, -0.2) is 4.98 Å². The van der Waals surface area contributed by atoms with Crippen LogP contribution in [0.5, 0.6) is 17.2 Å². The maximum Gasteiger partial charge on any atom is 0.226 e. The number of hydrogen-bond donors (Lipinski definition) is 1. The Hall–Kier alpha value is -3.06. The number of rotatable bonds is 9. The molecule has 3 rings (SSSR count). The number of ether oxygens (including phenoxy) is 3. The van der Waals surface area contributed by atoms with Gasteiger partial charge in [-0.15, -0.1) is 11.3 Å². The summed E-state index contributed by atoms with van der Waals surface area (Å²) in [7, 11) is 3.19. The highest BCUT2D eigenvalue weighted by Crippen LogP contribution is 2.33. The van der Waals surface area contributed by atoms with Gasteiger partial charge in [0, 0.05) is 17.4 Å². The fourth-order valence-electron chi connectivity index (χ4n) is 3.02. The Morgan fingerprint density at radius 1 is 1.03 bits per heavy atom. The van der Waals surface area contributed by atoms with Gasteiger partial charge in [-0.2, -0.15) is 0 Å². The number of hydrogen-bond acceptors (Lipinski definition) is 6. The molecule has 158 valence electrons. The zero-order valence-corrected chi connectivity index (χ0v) is 18.5. The van der Waals surface area contributed by atoms with Crippen LogP contribution in [0.25, 0.3) is 11.3 Å². The molecule has 0 unspecified atom stereocenters. The lowest BCUT2D eigenvalue weighted by Crippen LogP contribution is -2.12. The van der Waals surface area contributed by atoms with E-state index < -0.39 is 0 Å². The fraction of sp³-hybridized carbons (Fsp3) is 0.304. The van der Waals surface area contributed by atoms with Crippen LogP contribution in [0, 0.1) is 13.8 Å². The first kappa shape index (κ1) is 21.6. The highest BCUT2D eigenvalue weighted by molar-refractivity contribution is 7.14. The number of nitrogens with zero attached hydrogens (tertiary/aromatic N) is 1. The highest BCUT2D eigenvalue weighted by Gasteiger charge is 2.11. The number of amides is 1. The predicted octanol–water partition coefficient (Wildman–Crippen LogP) is 5.24. The number of aryl methyl sites for hydroxylation is 2. The standard InChI is InChI=1S/C23H26N2O4S/c1-15-7-9-19(16(2)12-15)29-11-5-6-22(26)25-23-24-18(14-30-23)17-8-10-20(27-3)21(13-17)28-4/h7-10,12-14H,5-6,11H2,1-4H3,(H,24,25,26). The molecular formula is C23H26N2O4S. The fourth-order valence-corrected chi connectivity index (χ4v) is 3.75. The molecule has 0 aliphatic rings. The zero-order chi connectivity index (χ0) is 21.5. The lowest BCUT2D eigenvalue weighted by atomic mass is 10.1. The normalized spacial score (nSPS) is 10.5. The predicted molar refractivity (Wildman–Crippen MR) is 120 cm³/mol. The molecule has 1 N–H and O–H groups in total. The number of methoxy groups -OCH3 is 2. The largest absolute Gasteiger partial charge is 0.493 e. The zero-order valence-electron chi connectivity index (χ0n) is 17.7. The first-order valence-corrected chi connectivity index (χ1v) is 10.6. The Kier molecular flexibility index (Phi) is 7.30. The molecule has 1 heterocycles. The number of aromatic nitrogens is 1. The summed E-state index contributed by atoms with van der Waals surface area (Å²) in [6, 6.07) is 11.7. The maximum atomic E-state index is 12.2. The van der Waals surface area contributed by atoms with Gasteiger partial charge in [0.1, 0.15) is 5.75 Å². The smallest absolute Gasteiger partial charge is 0.226 e. The van der Waals surface area contributed by atoms with Crippen LogP contribution in [0.2, 0.25) is 0 Å². The lowest BCUT2D eigenvalue weighted by Gasteiger charge is -2.09. The van der Waals surface area contributed by atoms with Crippen molar-refractivity contribution in [3.05, 3.63) is 52.9 Å². The van der Waals surface area contributed by atoms with E-state index in [1.807, 2.05) is 42.6 Å². The van der Waals surface area contributed by atoms with Crippen molar-refractivity contribution in [3.8, 4) is 28.5 Å². The molecule has 2 aromatic carbocycles. The quantitative estimate of drug-likeness (QED) is 0.474. The second kappa shape index (κ2) is 10.1. The number of benzene rings is 2. The molecule has 0 fully saturated rings. The van der Waals surface area contributed by atoms with E-state index in [0.717, 1.165) is 22.6 Å². The average molecular weight is 427 g/mol. The molecule has 1 aromatic heterocycles. The van der Waals surface area contributed by atoms with Gasteiger partial charge in [0.2, 0.25) is 5.91 Å². The second-order valence-corrected chi connectivity index (χ2v) is 7.73. The van der Waals surface area contributed by atoms with Crippen LogP contribution in [0.15, 0.2) is 41.8 Å². The molecule has 0 aliphatic carbocycles. The Bertz CT molecular complexity index is 1020. The number of nitrogens with one attached hydrogen (secondary N) is 1. The number of carbonyl (C=O) groups excluding carboxylic acids is 1. The van der Waals surface area contributed by atoms with E-state index in [0.29, 0.717) is 36.1 Å². The van der Waals surface area contributed by atoms with E-state index >= 15 is 0 Å². The molecule has 0 atom stereocenters. The van der Waals surface area contributed by atoms with Crippen molar-refractivity contribution in [1.29, 1.82) is 0 Å². The van der Waals surface area contributed by atoms with E-state index in [2.05, 4.69) is 23.3 Å². The molecule has 0 radical (unpaired) electrons. The molecule has 0 saturated heterocycles. The molecule has 30 heavy (non-hydrogen) atoms. The molecule has 0 saturated carbocycles. The molecule has 3 aromatic rings.